The molecule has 0 aliphatic rings. The standard InChI is InChI=1S/C6H7NO3/c1-2-3-4-7-5(8)6(9)10/h1H,3-4H2,(H,7,8)(H,9,10). The molecule has 0 bridgehead atoms. The molecule has 4 nitrogen and oxygen atoms in total. The predicted molar refractivity (Wildman–Crippen MR) is 34.1 cm³/mol. The molecular weight excluding hydrogens is 134 g/mol. The molecule has 0 aromatic rings. The van der Waals surface area contributed by atoms with Crippen molar-refractivity contribution < 1.29 is 14.7 Å². The zero-order valence-corrected chi connectivity index (χ0v) is 5.26. The van der Waals surface area contributed by atoms with Gasteiger partial charge in [-0.05, 0) is 0 Å². The molecule has 0 spiro atoms. The number of hydrogen-bond acceptors (Lipinski definition) is 2. The highest BCUT2D eigenvalue weighted by atomic mass is 16.4. The molecule has 10 heavy (non-hydrogen) atoms. The highest BCUT2D eigenvalue weighted by molar-refractivity contribution is 6.31. The molecule has 0 saturated heterocycles. The molecule has 0 aromatic carbocycles. The van der Waals surface area contributed by atoms with Crippen molar-refractivity contribution in [1.82, 2.24) is 5.32 Å². The molecule has 0 fully saturated rings. The summed E-state index contributed by atoms with van der Waals surface area (Å²) in [5.74, 6) is -0.253. The molecule has 0 radical (unpaired) electrons. The van der Waals surface area contributed by atoms with E-state index in [0.29, 0.717) is 6.42 Å². The Morgan fingerprint density at radius 1 is 1.60 bits per heavy atom. The van der Waals surface area contributed by atoms with E-state index in [1.807, 2.05) is 0 Å². The topological polar surface area (TPSA) is 66.4 Å². The summed E-state index contributed by atoms with van der Waals surface area (Å²) in [5.41, 5.74) is 0. The normalized spacial score (nSPS) is 7.90. The van der Waals surface area contributed by atoms with E-state index in [0.717, 1.165) is 0 Å². The van der Waals surface area contributed by atoms with Gasteiger partial charge in [-0.3, -0.25) is 4.79 Å². The van der Waals surface area contributed by atoms with Crippen LogP contribution in [0.4, 0.5) is 0 Å². The van der Waals surface area contributed by atoms with Crippen molar-refractivity contribution in [3.8, 4) is 12.3 Å². The number of carbonyl (C=O) groups is 2. The Balaban J connectivity index is 3.43. The van der Waals surface area contributed by atoms with Crippen LogP contribution in [0, 0.1) is 12.3 Å². The van der Waals surface area contributed by atoms with Crippen molar-refractivity contribution in [2.24, 2.45) is 0 Å². The first-order valence-corrected chi connectivity index (χ1v) is 2.63. The molecule has 54 valence electrons. The van der Waals surface area contributed by atoms with Gasteiger partial charge in [-0.2, -0.15) is 0 Å². The van der Waals surface area contributed by atoms with Crippen LogP contribution in [-0.2, 0) is 9.59 Å². The Kier molecular flexibility index (Phi) is 3.73. The van der Waals surface area contributed by atoms with Gasteiger partial charge >= 0.3 is 11.9 Å². The number of rotatable bonds is 2. The Morgan fingerprint density at radius 3 is 2.60 bits per heavy atom. The second kappa shape index (κ2) is 4.39. The summed E-state index contributed by atoms with van der Waals surface area (Å²) in [5, 5.41) is 10.1. The van der Waals surface area contributed by atoms with Gasteiger partial charge in [-0.1, -0.05) is 0 Å². The summed E-state index contributed by atoms with van der Waals surface area (Å²) >= 11 is 0. The van der Waals surface area contributed by atoms with Gasteiger partial charge in [-0.25, -0.2) is 4.79 Å². The zero-order chi connectivity index (χ0) is 7.98. The van der Waals surface area contributed by atoms with E-state index in [-0.39, 0.29) is 6.54 Å². The Labute approximate surface area is 58.2 Å². The fourth-order valence-corrected chi connectivity index (χ4v) is 0.324. The van der Waals surface area contributed by atoms with Gasteiger partial charge in [0.25, 0.3) is 0 Å². The first kappa shape index (κ1) is 8.50. The summed E-state index contributed by atoms with van der Waals surface area (Å²) in [4.78, 5) is 20.1. The van der Waals surface area contributed by atoms with Crippen molar-refractivity contribution >= 4 is 11.9 Å². The van der Waals surface area contributed by atoms with Gasteiger partial charge in [0.15, 0.2) is 0 Å². The molecule has 0 atom stereocenters. The van der Waals surface area contributed by atoms with Crippen molar-refractivity contribution in [3.05, 3.63) is 0 Å². The average molecular weight is 141 g/mol. The number of carbonyl (C=O) groups excluding carboxylic acids is 1. The minimum Gasteiger partial charge on any atom is -0.474 e. The quantitative estimate of drug-likeness (QED) is 0.301. The molecule has 2 N–H and O–H groups in total. The van der Waals surface area contributed by atoms with Crippen LogP contribution in [0.1, 0.15) is 6.42 Å². The van der Waals surface area contributed by atoms with E-state index in [1.165, 1.54) is 0 Å². The first-order valence-electron chi connectivity index (χ1n) is 2.63. The fraction of sp³-hybridized carbons (Fsp3) is 0.333. The zero-order valence-electron chi connectivity index (χ0n) is 5.26. The lowest BCUT2D eigenvalue weighted by Crippen LogP contribution is -2.31. The number of nitrogens with one attached hydrogen (secondary N) is 1. The van der Waals surface area contributed by atoms with Crippen LogP contribution in [-0.4, -0.2) is 23.5 Å². The molecule has 0 rings (SSSR count). The van der Waals surface area contributed by atoms with E-state index in [2.05, 4.69) is 11.2 Å². The summed E-state index contributed by atoms with van der Waals surface area (Å²) < 4.78 is 0. The molecule has 0 aliphatic heterocycles. The third-order valence-corrected chi connectivity index (χ3v) is 0.749. The van der Waals surface area contributed by atoms with Gasteiger partial charge in [0, 0.05) is 13.0 Å². The van der Waals surface area contributed by atoms with Gasteiger partial charge in [0.05, 0.1) is 0 Å². The minimum atomic E-state index is -1.49. The fourth-order valence-electron chi connectivity index (χ4n) is 0.324. The number of hydrogen-bond donors (Lipinski definition) is 2. The maximum atomic E-state index is 10.2. The summed E-state index contributed by atoms with van der Waals surface area (Å²) in [6.45, 7) is 0.210. The minimum absolute atomic E-state index is 0.210. The monoisotopic (exact) mass is 141 g/mol. The smallest absolute Gasteiger partial charge is 0.394 e. The van der Waals surface area contributed by atoms with Crippen LogP contribution in [0.15, 0.2) is 0 Å². The number of aliphatic carboxylic acids is 1. The number of carboxylic acid groups (broad SMARTS) is 1. The number of terminal acetylenes is 1. The average Bonchev–Trinajstić information content (AvgIpc) is 1.88. The lowest BCUT2D eigenvalue weighted by molar-refractivity contribution is -0.150. The van der Waals surface area contributed by atoms with Crippen molar-refractivity contribution in [2.45, 2.75) is 6.42 Å². The van der Waals surface area contributed by atoms with Crippen LogP contribution in [0.25, 0.3) is 0 Å². The number of carboxylic acids is 1. The van der Waals surface area contributed by atoms with Crippen LogP contribution in [0.5, 0.6) is 0 Å². The van der Waals surface area contributed by atoms with Crippen molar-refractivity contribution in [3.63, 3.8) is 0 Å². The molecule has 0 saturated carbocycles. The first-order chi connectivity index (χ1) is 4.68. The summed E-state index contributed by atoms with van der Waals surface area (Å²) in [7, 11) is 0. The molecule has 0 heterocycles. The van der Waals surface area contributed by atoms with Gasteiger partial charge < -0.3 is 10.4 Å². The van der Waals surface area contributed by atoms with Gasteiger partial charge in [-0.15, -0.1) is 12.3 Å². The lowest BCUT2D eigenvalue weighted by atomic mass is 10.4. The highest BCUT2D eigenvalue weighted by Gasteiger charge is 2.07. The molecular formula is C6H7NO3. The van der Waals surface area contributed by atoms with E-state index in [4.69, 9.17) is 11.5 Å². The number of amides is 1. The predicted octanol–water partition coefficient (Wildman–Crippen LogP) is -0.790. The van der Waals surface area contributed by atoms with E-state index < -0.39 is 11.9 Å². The second-order valence-corrected chi connectivity index (χ2v) is 1.52. The Bertz CT molecular complexity index is 180. The maximum absolute atomic E-state index is 10.2. The molecule has 0 unspecified atom stereocenters. The lowest BCUT2D eigenvalue weighted by Gasteiger charge is -1.95. The van der Waals surface area contributed by atoms with Crippen LogP contribution >= 0.6 is 0 Å². The highest BCUT2D eigenvalue weighted by Crippen LogP contribution is 1.71. The molecule has 0 aliphatic carbocycles. The second-order valence-electron chi connectivity index (χ2n) is 1.52. The van der Waals surface area contributed by atoms with Crippen molar-refractivity contribution in [1.29, 1.82) is 0 Å². The Morgan fingerprint density at radius 2 is 2.20 bits per heavy atom. The third kappa shape index (κ3) is 3.50. The largest absolute Gasteiger partial charge is 0.474 e. The van der Waals surface area contributed by atoms with Gasteiger partial charge in [0.1, 0.15) is 0 Å². The van der Waals surface area contributed by atoms with Crippen LogP contribution < -0.4 is 5.32 Å². The van der Waals surface area contributed by atoms with Crippen LogP contribution in [0.3, 0.4) is 0 Å². The summed E-state index contributed by atoms with van der Waals surface area (Å²) in [6.07, 6.45) is 5.19. The Hall–Kier alpha value is -1.50. The maximum Gasteiger partial charge on any atom is 0.394 e. The van der Waals surface area contributed by atoms with Gasteiger partial charge in [0.2, 0.25) is 0 Å². The van der Waals surface area contributed by atoms with E-state index >= 15 is 0 Å². The third-order valence-electron chi connectivity index (χ3n) is 0.749. The van der Waals surface area contributed by atoms with E-state index in [9.17, 15) is 9.59 Å². The van der Waals surface area contributed by atoms with Crippen LogP contribution in [0.2, 0.25) is 0 Å². The molecule has 0 aromatic heterocycles. The van der Waals surface area contributed by atoms with E-state index in [1.54, 1.807) is 0 Å². The SMILES string of the molecule is C#CCCNC(=O)C(=O)O. The molecule has 4 heteroatoms. The van der Waals surface area contributed by atoms with Crippen molar-refractivity contribution in [2.75, 3.05) is 6.54 Å². The summed E-state index contributed by atoms with van der Waals surface area (Å²) in [6, 6.07) is 0. The molecule has 1 amide bonds.